The third-order valence-electron chi connectivity index (χ3n) is 4.03. The van der Waals surface area contributed by atoms with Crippen LogP contribution in [0.5, 0.6) is 0 Å². The molecular formula is C16H24BrN3O. The summed E-state index contributed by atoms with van der Waals surface area (Å²) < 4.78 is 0.841. The molecule has 0 saturated carbocycles. The van der Waals surface area contributed by atoms with Gasteiger partial charge >= 0.3 is 0 Å². The van der Waals surface area contributed by atoms with Gasteiger partial charge < -0.3 is 10.2 Å². The van der Waals surface area contributed by atoms with Crippen molar-refractivity contribution in [2.75, 3.05) is 25.0 Å². The Kier molecular flexibility index (Phi) is 6.03. The van der Waals surface area contributed by atoms with Gasteiger partial charge in [0.05, 0.1) is 5.56 Å². The number of carbonyl (C=O) groups is 1. The van der Waals surface area contributed by atoms with E-state index in [1.807, 2.05) is 17.9 Å². The molecule has 5 heteroatoms. The molecule has 1 aliphatic heterocycles. The summed E-state index contributed by atoms with van der Waals surface area (Å²) in [6.45, 7) is 6.72. The minimum absolute atomic E-state index is 0.0923. The van der Waals surface area contributed by atoms with Crippen molar-refractivity contribution in [3.63, 3.8) is 0 Å². The van der Waals surface area contributed by atoms with Crippen LogP contribution in [-0.2, 0) is 0 Å². The van der Waals surface area contributed by atoms with Gasteiger partial charge in [0, 0.05) is 30.3 Å². The molecule has 0 spiro atoms. The summed E-state index contributed by atoms with van der Waals surface area (Å²) in [5, 5.41) is 3.17. The number of hydrogen-bond donors (Lipinski definition) is 1. The molecule has 1 aliphatic rings. The third kappa shape index (κ3) is 4.19. The number of carbonyl (C=O) groups excluding carboxylic acids is 1. The number of likely N-dealkylation sites (tertiary alicyclic amines) is 1. The van der Waals surface area contributed by atoms with Crippen LogP contribution in [0.2, 0.25) is 0 Å². The van der Waals surface area contributed by atoms with E-state index in [-0.39, 0.29) is 5.91 Å². The Morgan fingerprint density at radius 1 is 1.43 bits per heavy atom. The second kappa shape index (κ2) is 7.78. The van der Waals surface area contributed by atoms with Gasteiger partial charge in [0.25, 0.3) is 5.91 Å². The standard InChI is InChI=1S/C16H24BrN3O/c1-3-5-12-6-8-20(9-7-12)16(21)14-10-13(17)11-19-15(14)18-4-2/h10-12H,3-9H2,1-2H3,(H,18,19). The topological polar surface area (TPSA) is 45.2 Å². The van der Waals surface area contributed by atoms with Crippen LogP contribution in [0.4, 0.5) is 5.82 Å². The first-order valence-corrected chi connectivity index (χ1v) is 8.63. The molecule has 0 atom stereocenters. The maximum atomic E-state index is 12.7. The summed E-state index contributed by atoms with van der Waals surface area (Å²) in [5.74, 6) is 1.56. The molecule has 2 heterocycles. The van der Waals surface area contributed by atoms with Crippen molar-refractivity contribution in [1.82, 2.24) is 9.88 Å². The molecule has 0 radical (unpaired) electrons. The van der Waals surface area contributed by atoms with E-state index in [2.05, 4.69) is 33.2 Å². The van der Waals surface area contributed by atoms with Crippen molar-refractivity contribution in [3.8, 4) is 0 Å². The van der Waals surface area contributed by atoms with Crippen molar-refractivity contribution >= 4 is 27.7 Å². The largest absolute Gasteiger partial charge is 0.370 e. The van der Waals surface area contributed by atoms with Gasteiger partial charge in [-0.3, -0.25) is 4.79 Å². The van der Waals surface area contributed by atoms with Gasteiger partial charge in [0.2, 0.25) is 0 Å². The zero-order valence-corrected chi connectivity index (χ0v) is 14.4. The Hall–Kier alpha value is -1.10. The minimum Gasteiger partial charge on any atom is -0.370 e. The van der Waals surface area contributed by atoms with E-state index in [4.69, 9.17) is 0 Å². The number of nitrogens with zero attached hydrogens (tertiary/aromatic N) is 2. The van der Waals surface area contributed by atoms with Crippen LogP contribution in [0.25, 0.3) is 0 Å². The summed E-state index contributed by atoms with van der Waals surface area (Å²) in [6, 6.07) is 1.87. The molecule has 0 unspecified atom stereocenters. The number of halogens is 1. The molecular weight excluding hydrogens is 330 g/mol. The summed E-state index contributed by atoms with van der Waals surface area (Å²) in [6.07, 6.45) is 6.49. The van der Waals surface area contributed by atoms with Crippen molar-refractivity contribution in [2.45, 2.75) is 39.5 Å². The molecule has 1 saturated heterocycles. The predicted molar refractivity (Wildman–Crippen MR) is 89.6 cm³/mol. The molecule has 0 bridgehead atoms. The Morgan fingerprint density at radius 2 is 2.14 bits per heavy atom. The lowest BCUT2D eigenvalue weighted by atomic mass is 9.92. The number of pyridine rings is 1. The fourth-order valence-corrected chi connectivity index (χ4v) is 3.25. The first-order valence-electron chi connectivity index (χ1n) is 7.84. The van der Waals surface area contributed by atoms with Gasteiger partial charge in [0.15, 0.2) is 0 Å². The van der Waals surface area contributed by atoms with Gasteiger partial charge in [-0.05, 0) is 47.7 Å². The number of rotatable bonds is 5. The smallest absolute Gasteiger partial charge is 0.257 e. The maximum absolute atomic E-state index is 12.7. The van der Waals surface area contributed by atoms with E-state index in [1.54, 1.807) is 6.20 Å². The Labute approximate surface area is 135 Å². The van der Waals surface area contributed by atoms with Crippen LogP contribution in [0, 0.1) is 5.92 Å². The van der Waals surface area contributed by atoms with Crippen molar-refractivity contribution in [1.29, 1.82) is 0 Å². The van der Waals surface area contributed by atoms with Crippen molar-refractivity contribution in [3.05, 3.63) is 22.3 Å². The van der Waals surface area contributed by atoms with Crippen molar-refractivity contribution in [2.24, 2.45) is 5.92 Å². The number of piperidine rings is 1. The zero-order valence-electron chi connectivity index (χ0n) is 12.9. The molecule has 116 valence electrons. The second-order valence-electron chi connectivity index (χ2n) is 5.60. The predicted octanol–water partition coefficient (Wildman–Crippen LogP) is 3.93. The first-order chi connectivity index (χ1) is 10.2. The molecule has 0 aromatic carbocycles. The number of aromatic nitrogens is 1. The fraction of sp³-hybridized carbons (Fsp3) is 0.625. The van der Waals surface area contributed by atoms with Crippen LogP contribution in [0.3, 0.4) is 0 Å². The van der Waals surface area contributed by atoms with E-state index in [1.165, 1.54) is 12.8 Å². The van der Waals surface area contributed by atoms with Gasteiger partial charge in [-0.1, -0.05) is 19.8 Å². The van der Waals surface area contributed by atoms with E-state index >= 15 is 0 Å². The highest BCUT2D eigenvalue weighted by atomic mass is 79.9. The molecule has 2 rings (SSSR count). The van der Waals surface area contributed by atoms with E-state index in [0.29, 0.717) is 11.4 Å². The molecule has 1 N–H and O–H groups in total. The van der Waals surface area contributed by atoms with Gasteiger partial charge in [-0.2, -0.15) is 0 Å². The van der Waals surface area contributed by atoms with Gasteiger partial charge in [-0.25, -0.2) is 4.98 Å². The van der Waals surface area contributed by atoms with Crippen molar-refractivity contribution < 1.29 is 4.79 Å². The Bertz CT molecular complexity index is 484. The average molecular weight is 354 g/mol. The van der Waals surface area contributed by atoms with Crippen LogP contribution in [-0.4, -0.2) is 35.4 Å². The molecule has 1 amide bonds. The average Bonchev–Trinajstić information content (AvgIpc) is 2.50. The number of amides is 1. The maximum Gasteiger partial charge on any atom is 0.257 e. The van der Waals surface area contributed by atoms with Crippen LogP contribution >= 0.6 is 15.9 Å². The first kappa shape index (κ1) is 16.3. The highest BCUT2D eigenvalue weighted by Gasteiger charge is 2.25. The second-order valence-corrected chi connectivity index (χ2v) is 6.52. The van der Waals surface area contributed by atoms with Gasteiger partial charge in [-0.15, -0.1) is 0 Å². The molecule has 0 aliphatic carbocycles. The van der Waals surface area contributed by atoms with E-state index in [9.17, 15) is 4.79 Å². The molecule has 4 nitrogen and oxygen atoms in total. The Morgan fingerprint density at radius 3 is 2.76 bits per heavy atom. The minimum atomic E-state index is 0.0923. The highest BCUT2D eigenvalue weighted by Crippen LogP contribution is 2.25. The lowest BCUT2D eigenvalue weighted by molar-refractivity contribution is 0.0687. The van der Waals surface area contributed by atoms with Crippen LogP contribution in [0.15, 0.2) is 16.7 Å². The van der Waals surface area contributed by atoms with Gasteiger partial charge in [0.1, 0.15) is 5.82 Å². The van der Waals surface area contributed by atoms with E-state index < -0.39 is 0 Å². The zero-order chi connectivity index (χ0) is 15.2. The lowest BCUT2D eigenvalue weighted by Gasteiger charge is -2.32. The molecule has 21 heavy (non-hydrogen) atoms. The lowest BCUT2D eigenvalue weighted by Crippen LogP contribution is -2.38. The van der Waals surface area contributed by atoms with E-state index in [0.717, 1.165) is 42.9 Å². The summed E-state index contributed by atoms with van der Waals surface area (Å²) >= 11 is 3.41. The molecule has 1 aromatic rings. The summed E-state index contributed by atoms with van der Waals surface area (Å²) in [7, 11) is 0. The summed E-state index contributed by atoms with van der Waals surface area (Å²) in [5.41, 5.74) is 0.667. The number of nitrogens with one attached hydrogen (secondary N) is 1. The third-order valence-corrected chi connectivity index (χ3v) is 4.46. The SMILES string of the molecule is CCCC1CCN(C(=O)c2cc(Br)cnc2NCC)CC1. The monoisotopic (exact) mass is 353 g/mol. The summed E-state index contributed by atoms with van der Waals surface area (Å²) in [4.78, 5) is 19.0. The Balaban J connectivity index is 2.08. The number of hydrogen-bond acceptors (Lipinski definition) is 3. The highest BCUT2D eigenvalue weighted by molar-refractivity contribution is 9.10. The molecule has 1 aromatic heterocycles. The number of anilines is 1. The molecule has 1 fully saturated rings. The normalized spacial score (nSPS) is 16.0. The quantitative estimate of drug-likeness (QED) is 0.872. The van der Waals surface area contributed by atoms with Crippen LogP contribution in [0.1, 0.15) is 49.9 Å². The van der Waals surface area contributed by atoms with Crippen LogP contribution < -0.4 is 5.32 Å². The fourth-order valence-electron chi connectivity index (χ4n) is 2.91.